The van der Waals surface area contributed by atoms with Gasteiger partial charge in [0.25, 0.3) is 0 Å². The third-order valence-corrected chi connectivity index (χ3v) is 10.2. The molecule has 1 aromatic heterocycles. The molecule has 0 bridgehead atoms. The number of fused-ring (bicyclic) bond motifs is 2. The van der Waals surface area contributed by atoms with E-state index >= 15 is 0 Å². The van der Waals surface area contributed by atoms with Gasteiger partial charge in [-0.3, -0.25) is 9.89 Å². The molecule has 4 aliphatic rings. The highest BCUT2D eigenvalue weighted by Crippen LogP contribution is 2.28. The van der Waals surface area contributed by atoms with E-state index in [0.29, 0.717) is 58.0 Å². The number of aromatic amines is 1. The smallest absolute Gasteiger partial charge is 0.351 e. The lowest BCUT2D eigenvalue weighted by Gasteiger charge is -2.41. The number of nitrogens with zero attached hydrogens (tertiary/aromatic N) is 5. The summed E-state index contributed by atoms with van der Waals surface area (Å²) >= 11 is 0. The molecule has 0 unspecified atom stereocenters. The second-order valence-electron chi connectivity index (χ2n) is 13.1. The zero-order chi connectivity index (χ0) is 31.5. The van der Waals surface area contributed by atoms with E-state index in [1.165, 1.54) is 19.3 Å². The van der Waals surface area contributed by atoms with Gasteiger partial charge in [-0.1, -0.05) is 30.7 Å². The average Bonchev–Trinajstić information content (AvgIpc) is 3.56. The minimum Gasteiger partial charge on any atom is -0.351 e. The van der Waals surface area contributed by atoms with Crippen LogP contribution in [0.5, 0.6) is 0 Å². The van der Waals surface area contributed by atoms with E-state index in [-0.39, 0.29) is 18.0 Å². The molecule has 12 heteroatoms. The number of para-hydroxylation sites is 1. The van der Waals surface area contributed by atoms with Gasteiger partial charge in [0.15, 0.2) is 0 Å². The van der Waals surface area contributed by atoms with Gasteiger partial charge in [0, 0.05) is 62.3 Å². The van der Waals surface area contributed by atoms with Crippen LogP contribution in [0.4, 0.5) is 15.3 Å². The number of hydroxylamine groups is 2. The summed E-state index contributed by atoms with van der Waals surface area (Å²) in [5.74, 6) is -0.0727. The summed E-state index contributed by atoms with van der Waals surface area (Å²) in [5.41, 5.74) is 3.83. The molecule has 7 rings (SSSR count). The minimum absolute atomic E-state index is 0.0521. The molecule has 5 heterocycles. The molecule has 0 spiro atoms. The van der Waals surface area contributed by atoms with E-state index in [1.54, 1.807) is 11.3 Å². The molecule has 2 aromatic carbocycles. The number of likely N-dealkylation sites (tertiary alicyclic amines) is 2. The van der Waals surface area contributed by atoms with E-state index in [9.17, 15) is 14.4 Å². The number of piperidine rings is 3. The van der Waals surface area contributed by atoms with Crippen LogP contribution in [0.15, 0.2) is 48.7 Å². The van der Waals surface area contributed by atoms with E-state index in [1.807, 2.05) is 52.3 Å². The lowest BCUT2D eigenvalue weighted by molar-refractivity contribution is -0.137. The monoisotopic (exact) mass is 628 g/mol. The average molecular weight is 629 g/mol. The van der Waals surface area contributed by atoms with Gasteiger partial charge in [0.2, 0.25) is 5.91 Å². The lowest BCUT2D eigenvalue weighted by atomic mass is 9.98. The maximum absolute atomic E-state index is 13.9. The van der Waals surface area contributed by atoms with Crippen molar-refractivity contribution in [3.63, 3.8) is 0 Å². The summed E-state index contributed by atoms with van der Waals surface area (Å²) in [6.45, 7) is 5.26. The van der Waals surface area contributed by atoms with Gasteiger partial charge in [0.05, 0.1) is 11.7 Å². The Hall–Kier alpha value is -4.16. The van der Waals surface area contributed by atoms with Gasteiger partial charge >= 0.3 is 12.1 Å². The first-order valence-electron chi connectivity index (χ1n) is 16.8. The van der Waals surface area contributed by atoms with Gasteiger partial charge in [-0.25, -0.2) is 9.59 Å². The first kappa shape index (κ1) is 30.5. The van der Waals surface area contributed by atoms with Crippen LogP contribution in [-0.4, -0.2) is 105 Å². The topological polar surface area (TPSA) is 126 Å². The molecule has 244 valence electrons. The molecule has 46 heavy (non-hydrogen) atoms. The van der Waals surface area contributed by atoms with Crippen LogP contribution >= 0.6 is 0 Å². The van der Waals surface area contributed by atoms with E-state index < -0.39 is 12.1 Å². The lowest BCUT2D eigenvalue weighted by Crippen LogP contribution is -2.55. The molecule has 0 aliphatic carbocycles. The molecule has 3 saturated heterocycles. The maximum Gasteiger partial charge on any atom is 0.426 e. The number of amides is 4. The van der Waals surface area contributed by atoms with Crippen LogP contribution in [0, 0.1) is 0 Å². The number of carbonyl (C=O) groups excluding carboxylic acids is 3. The molecule has 1 atom stereocenters. The summed E-state index contributed by atoms with van der Waals surface area (Å²) in [4.78, 5) is 52.1. The molecule has 0 radical (unpaired) electrons. The van der Waals surface area contributed by atoms with Gasteiger partial charge in [-0.05, 0) is 80.9 Å². The number of carbonyl (C=O) groups is 3. The van der Waals surface area contributed by atoms with E-state index in [0.717, 1.165) is 53.6 Å². The van der Waals surface area contributed by atoms with E-state index in [4.69, 9.17) is 4.84 Å². The van der Waals surface area contributed by atoms with Crippen LogP contribution in [0.25, 0.3) is 10.9 Å². The Bertz CT molecular complexity index is 1540. The first-order valence-corrected chi connectivity index (χ1v) is 16.8. The van der Waals surface area contributed by atoms with Crippen LogP contribution < -0.4 is 10.6 Å². The number of rotatable bonds is 7. The summed E-state index contributed by atoms with van der Waals surface area (Å²) < 4.78 is 0. The molecule has 3 fully saturated rings. The second kappa shape index (κ2) is 13.7. The van der Waals surface area contributed by atoms with Crippen LogP contribution in [0.3, 0.4) is 0 Å². The molecular formula is C34H44N8O4. The van der Waals surface area contributed by atoms with E-state index in [2.05, 4.69) is 25.7 Å². The zero-order valence-electron chi connectivity index (χ0n) is 26.3. The summed E-state index contributed by atoms with van der Waals surface area (Å²) in [5, 5.41) is 15.6. The Balaban J connectivity index is 0.960. The molecule has 3 aromatic rings. The molecule has 4 amide bonds. The fourth-order valence-corrected chi connectivity index (χ4v) is 7.56. The fraction of sp³-hybridized carbons (Fsp3) is 0.529. The number of hydrogen-bond donors (Lipinski definition) is 3. The molecule has 12 nitrogen and oxygen atoms in total. The summed E-state index contributed by atoms with van der Waals surface area (Å²) in [6, 6.07) is 13.5. The highest BCUT2D eigenvalue weighted by Gasteiger charge is 2.35. The van der Waals surface area contributed by atoms with Crippen molar-refractivity contribution in [3.05, 3.63) is 59.8 Å². The van der Waals surface area contributed by atoms with Crippen molar-refractivity contribution in [1.82, 2.24) is 35.3 Å². The van der Waals surface area contributed by atoms with Gasteiger partial charge in [0.1, 0.15) is 6.04 Å². The largest absolute Gasteiger partial charge is 0.426 e. The van der Waals surface area contributed by atoms with Crippen LogP contribution in [0.1, 0.15) is 56.1 Å². The van der Waals surface area contributed by atoms with Gasteiger partial charge in [-0.15, -0.1) is 5.06 Å². The highest BCUT2D eigenvalue weighted by atomic mass is 16.7. The quantitative estimate of drug-likeness (QED) is 0.360. The van der Waals surface area contributed by atoms with Crippen molar-refractivity contribution in [2.75, 3.05) is 44.6 Å². The number of urea groups is 1. The number of anilines is 1. The SMILES string of the molecule is O=C(N[C@H](Cc1ccc2[nH]ncc2c1)C(=O)N1CCC(N2CCCCC2)CC1)ON1CCC(N2Cc3ccccc3NC2=O)CC1. The number of hydrogen-bond acceptors (Lipinski definition) is 7. The molecule has 3 N–H and O–H groups in total. The Morgan fingerprint density at radius 3 is 2.50 bits per heavy atom. The Kier molecular flexibility index (Phi) is 9.07. The summed E-state index contributed by atoms with van der Waals surface area (Å²) in [7, 11) is 0. The predicted octanol–water partition coefficient (Wildman–Crippen LogP) is 4.10. The Morgan fingerprint density at radius 2 is 1.70 bits per heavy atom. The normalized spacial score (nSPS) is 21.1. The highest BCUT2D eigenvalue weighted by molar-refractivity contribution is 5.92. The van der Waals surface area contributed by atoms with Gasteiger partial charge < -0.3 is 30.2 Å². The zero-order valence-corrected chi connectivity index (χ0v) is 26.3. The fourth-order valence-electron chi connectivity index (χ4n) is 7.56. The molecule has 0 saturated carbocycles. The third kappa shape index (κ3) is 6.82. The van der Waals surface area contributed by atoms with Crippen LogP contribution in [-0.2, 0) is 22.6 Å². The predicted molar refractivity (Wildman–Crippen MR) is 174 cm³/mol. The second-order valence-corrected chi connectivity index (χ2v) is 13.1. The standard InChI is InChI=1S/C34H44N8O4/c43-32(40-16-10-27(11-17-40)39-14-4-1-5-15-39)31(21-24-8-9-30-26(20-24)22-35-38-30)37-34(45)46-41-18-12-28(13-19-41)42-23-25-6-2-3-7-29(25)36-33(42)44/h2-3,6-9,20,22,27-28,31H,1,4-5,10-19,21,23H2,(H,35,38)(H,36,44)(H,37,45)/t31-/m1/s1. The van der Waals surface area contributed by atoms with Crippen molar-refractivity contribution in [2.45, 2.75) is 76.0 Å². The number of benzene rings is 2. The molecule has 4 aliphatic heterocycles. The van der Waals surface area contributed by atoms with Crippen molar-refractivity contribution in [2.24, 2.45) is 0 Å². The van der Waals surface area contributed by atoms with Crippen molar-refractivity contribution in [1.29, 1.82) is 0 Å². The first-order chi connectivity index (χ1) is 22.5. The number of nitrogens with one attached hydrogen (secondary N) is 3. The minimum atomic E-state index is -0.752. The van der Waals surface area contributed by atoms with Crippen molar-refractivity contribution in [3.8, 4) is 0 Å². The Morgan fingerprint density at radius 1 is 0.935 bits per heavy atom. The molecular weight excluding hydrogens is 584 g/mol. The van der Waals surface area contributed by atoms with Crippen molar-refractivity contribution < 1.29 is 19.2 Å². The van der Waals surface area contributed by atoms with Crippen molar-refractivity contribution >= 4 is 34.6 Å². The number of aromatic nitrogens is 2. The number of H-pyrrole nitrogens is 1. The summed E-state index contributed by atoms with van der Waals surface area (Å²) in [6.07, 6.45) is 8.59. The maximum atomic E-state index is 13.9. The van der Waals surface area contributed by atoms with Crippen LogP contribution in [0.2, 0.25) is 0 Å². The van der Waals surface area contributed by atoms with Gasteiger partial charge in [-0.2, -0.15) is 5.10 Å². The Labute approximate surface area is 269 Å². The third-order valence-electron chi connectivity index (χ3n) is 10.2.